The van der Waals surface area contributed by atoms with E-state index in [0.29, 0.717) is 29.8 Å². The molecule has 1 aromatic heterocycles. The lowest BCUT2D eigenvalue weighted by Crippen LogP contribution is -2.22. The van der Waals surface area contributed by atoms with Gasteiger partial charge < -0.3 is 4.74 Å². The largest absolute Gasteiger partial charge is 0.493 e. The van der Waals surface area contributed by atoms with Crippen LogP contribution in [0, 0.1) is 0 Å². The summed E-state index contributed by atoms with van der Waals surface area (Å²) in [6.07, 6.45) is 3.23. The van der Waals surface area contributed by atoms with Gasteiger partial charge in [0.2, 0.25) is 0 Å². The van der Waals surface area contributed by atoms with Crippen LogP contribution in [0.1, 0.15) is 31.7 Å². The minimum atomic E-state index is -0.181. The molecular weight excluding hydrogens is 442 g/mol. The normalized spacial score (nSPS) is 11.6. The number of aromatic nitrogens is 2. The Morgan fingerprint density at radius 2 is 1.93 bits per heavy atom. The molecule has 0 radical (unpaired) electrons. The molecule has 0 aliphatic rings. The molecule has 0 N–H and O–H groups in total. The van der Waals surface area contributed by atoms with E-state index in [-0.39, 0.29) is 5.56 Å². The molecule has 4 rings (SSSR count). The maximum absolute atomic E-state index is 13.2. The summed E-state index contributed by atoms with van der Waals surface area (Å²) < 4.78 is 8.07. The van der Waals surface area contributed by atoms with Gasteiger partial charge in [-0.1, -0.05) is 53.2 Å². The molecule has 1 heterocycles. The number of halogens is 1. The Kier molecular flexibility index (Phi) is 5.95. The molecule has 0 saturated carbocycles. The minimum Gasteiger partial charge on any atom is -0.493 e. The lowest BCUT2D eigenvalue weighted by Gasteiger charge is -2.11. The summed E-state index contributed by atoms with van der Waals surface area (Å²) in [5.41, 5.74) is 1.34. The third kappa shape index (κ3) is 3.87. The number of nitrogens with zero attached hydrogens (tertiary/aromatic N) is 3. The van der Waals surface area contributed by atoms with Crippen LogP contribution in [0.3, 0.4) is 0 Å². The van der Waals surface area contributed by atoms with Crippen molar-refractivity contribution in [3.8, 4) is 5.75 Å². The first-order valence-electron chi connectivity index (χ1n) is 10.0. The van der Waals surface area contributed by atoms with Gasteiger partial charge in [0.05, 0.1) is 23.7 Å². The van der Waals surface area contributed by atoms with Gasteiger partial charge in [-0.3, -0.25) is 4.79 Å². The molecule has 0 fully saturated rings. The van der Waals surface area contributed by atoms with Gasteiger partial charge in [0.25, 0.3) is 5.56 Å². The van der Waals surface area contributed by atoms with Crippen molar-refractivity contribution >= 4 is 43.8 Å². The van der Waals surface area contributed by atoms with E-state index in [1.807, 2.05) is 55.5 Å². The lowest BCUT2D eigenvalue weighted by atomic mass is 10.0. The van der Waals surface area contributed by atoms with Gasteiger partial charge in [-0.05, 0) is 48.4 Å². The van der Waals surface area contributed by atoms with Crippen LogP contribution in [0.5, 0.6) is 5.75 Å². The van der Waals surface area contributed by atoms with Gasteiger partial charge >= 0.3 is 0 Å². The molecule has 152 valence electrons. The number of hydrogen-bond acceptors (Lipinski definition) is 4. The Balaban J connectivity index is 1.92. The first-order valence-corrected chi connectivity index (χ1v) is 10.8. The van der Waals surface area contributed by atoms with Gasteiger partial charge in [0, 0.05) is 16.5 Å². The first kappa shape index (κ1) is 20.3. The zero-order chi connectivity index (χ0) is 21.1. The van der Waals surface area contributed by atoms with Crippen LogP contribution in [-0.4, -0.2) is 22.5 Å². The van der Waals surface area contributed by atoms with Crippen molar-refractivity contribution in [3.05, 3.63) is 80.8 Å². The summed E-state index contributed by atoms with van der Waals surface area (Å²) in [7, 11) is 0. The second kappa shape index (κ2) is 8.79. The van der Waals surface area contributed by atoms with Crippen molar-refractivity contribution in [2.24, 2.45) is 5.10 Å². The summed E-state index contributed by atoms with van der Waals surface area (Å²) >= 11 is 3.44. The SMILES string of the molecule is CCCc1nc2ccc(Br)cc2c(=O)n1N=Cc1c(OCC)ccc2ccccc12. The molecule has 4 aromatic rings. The Bertz CT molecular complexity index is 1310. The van der Waals surface area contributed by atoms with Crippen LogP contribution in [0.15, 0.2) is 69.0 Å². The van der Waals surface area contributed by atoms with Gasteiger partial charge in [0.1, 0.15) is 11.6 Å². The molecule has 0 atom stereocenters. The van der Waals surface area contributed by atoms with E-state index in [0.717, 1.165) is 33.0 Å². The Morgan fingerprint density at radius 1 is 1.10 bits per heavy atom. The third-order valence-corrected chi connectivity index (χ3v) is 5.38. The molecule has 0 aliphatic carbocycles. The summed E-state index contributed by atoms with van der Waals surface area (Å²) in [6, 6.07) is 17.6. The van der Waals surface area contributed by atoms with Gasteiger partial charge in [-0.2, -0.15) is 9.78 Å². The van der Waals surface area contributed by atoms with Crippen molar-refractivity contribution in [1.29, 1.82) is 0 Å². The molecule has 0 saturated heterocycles. The van der Waals surface area contributed by atoms with Crippen molar-refractivity contribution in [1.82, 2.24) is 9.66 Å². The fraction of sp³-hybridized carbons (Fsp3) is 0.208. The molecule has 5 nitrogen and oxygen atoms in total. The van der Waals surface area contributed by atoms with Crippen LogP contribution in [0.4, 0.5) is 0 Å². The number of hydrogen-bond donors (Lipinski definition) is 0. The van der Waals surface area contributed by atoms with Gasteiger partial charge in [-0.25, -0.2) is 4.98 Å². The number of aryl methyl sites for hydroxylation is 1. The van der Waals surface area contributed by atoms with E-state index >= 15 is 0 Å². The molecule has 6 heteroatoms. The van der Waals surface area contributed by atoms with E-state index in [4.69, 9.17) is 9.72 Å². The van der Waals surface area contributed by atoms with Crippen LogP contribution >= 0.6 is 15.9 Å². The Hall–Kier alpha value is -2.99. The average Bonchev–Trinajstić information content (AvgIpc) is 2.75. The van der Waals surface area contributed by atoms with Crippen molar-refractivity contribution in [3.63, 3.8) is 0 Å². The van der Waals surface area contributed by atoms with Crippen molar-refractivity contribution in [2.75, 3.05) is 6.61 Å². The second-order valence-electron chi connectivity index (χ2n) is 6.93. The van der Waals surface area contributed by atoms with E-state index in [1.54, 1.807) is 12.3 Å². The average molecular weight is 464 g/mol. The number of rotatable bonds is 6. The monoisotopic (exact) mass is 463 g/mol. The van der Waals surface area contributed by atoms with E-state index in [9.17, 15) is 4.79 Å². The van der Waals surface area contributed by atoms with E-state index < -0.39 is 0 Å². The van der Waals surface area contributed by atoms with Crippen LogP contribution < -0.4 is 10.3 Å². The second-order valence-corrected chi connectivity index (χ2v) is 7.85. The highest BCUT2D eigenvalue weighted by molar-refractivity contribution is 9.10. The van der Waals surface area contributed by atoms with Crippen molar-refractivity contribution in [2.45, 2.75) is 26.7 Å². The zero-order valence-corrected chi connectivity index (χ0v) is 18.5. The van der Waals surface area contributed by atoms with Gasteiger partial charge in [0.15, 0.2) is 0 Å². The smallest absolute Gasteiger partial charge is 0.282 e. The van der Waals surface area contributed by atoms with Crippen molar-refractivity contribution < 1.29 is 4.74 Å². The molecule has 3 aromatic carbocycles. The summed E-state index contributed by atoms with van der Waals surface area (Å²) in [5.74, 6) is 1.38. The number of fused-ring (bicyclic) bond motifs is 2. The maximum Gasteiger partial charge on any atom is 0.282 e. The first-order chi connectivity index (χ1) is 14.6. The summed E-state index contributed by atoms with van der Waals surface area (Å²) in [5, 5.41) is 7.23. The zero-order valence-electron chi connectivity index (χ0n) is 16.9. The highest BCUT2D eigenvalue weighted by atomic mass is 79.9. The molecule has 0 amide bonds. The van der Waals surface area contributed by atoms with E-state index in [2.05, 4.69) is 28.0 Å². The molecule has 30 heavy (non-hydrogen) atoms. The predicted octanol–water partition coefficient (Wildman–Crippen LogP) is 5.55. The molecule has 0 aliphatic heterocycles. The number of benzene rings is 3. The molecule has 0 spiro atoms. The highest BCUT2D eigenvalue weighted by Gasteiger charge is 2.12. The van der Waals surface area contributed by atoms with E-state index in [1.165, 1.54) is 4.68 Å². The molecule has 0 unspecified atom stereocenters. The molecule has 0 bridgehead atoms. The number of ether oxygens (including phenoxy) is 1. The maximum atomic E-state index is 13.2. The highest BCUT2D eigenvalue weighted by Crippen LogP contribution is 2.27. The Morgan fingerprint density at radius 3 is 2.73 bits per heavy atom. The Labute approximate surface area is 183 Å². The predicted molar refractivity (Wildman–Crippen MR) is 126 cm³/mol. The van der Waals surface area contributed by atoms with Crippen LogP contribution in [0.25, 0.3) is 21.7 Å². The third-order valence-electron chi connectivity index (χ3n) is 4.88. The van der Waals surface area contributed by atoms with Crippen LogP contribution in [-0.2, 0) is 6.42 Å². The standard InChI is InChI=1S/C24H22BrN3O2/c1-3-7-23-27-21-12-11-17(25)14-19(21)24(29)28(23)26-15-20-18-9-6-5-8-16(18)10-13-22(20)30-4-2/h5-6,8-15H,3-4,7H2,1-2H3. The summed E-state index contributed by atoms with van der Waals surface area (Å²) in [6.45, 7) is 4.56. The van der Waals surface area contributed by atoms with Crippen LogP contribution in [0.2, 0.25) is 0 Å². The quantitative estimate of drug-likeness (QED) is 0.352. The fourth-order valence-corrected chi connectivity index (χ4v) is 3.87. The lowest BCUT2D eigenvalue weighted by molar-refractivity contribution is 0.340. The fourth-order valence-electron chi connectivity index (χ4n) is 3.50. The van der Waals surface area contributed by atoms with Gasteiger partial charge in [-0.15, -0.1) is 0 Å². The minimum absolute atomic E-state index is 0.181. The summed E-state index contributed by atoms with van der Waals surface area (Å²) in [4.78, 5) is 17.9. The topological polar surface area (TPSA) is 56.5 Å². The molecular formula is C24H22BrN3O2.